The maximum Gasteiger partial charge on any atom is 0.294 e. The third-order valence-electron chi connectivity index (χ3n) is 8.56. The van der Waals surface area contributed by atoms with Crippen LogP contribution in [0.4, 0.5) is 5.82 Å². The second kappa shape index (κ2) is 16.1. The van der Waals surface area contributed by atoms with Gasteiger partial charge >= 0.3 is 0 Å². The number of benzene rings is 3. The summed E-state index contributed by atoms with van der Waals surface area (Å²) < 4.78 is 77.9. The third kappa shape index (κ3) is 9.44. The first-order chi connectivity index (χ1) is 25.8. The molecule has 6 rings (SSSR count). The van der Waals surface area contributed by atoms with Crippen molar-refractivity contribution >= 4 is 31.9 Å². The molecule has 2 aromatic heterocycles. The van der Waals surface area contributed by atoms with Gasteiger partial charge in [0.15, 0.2) is 17.3 Å². The number of unbranched alkanes of at least 4 members (excludes halogenated alkanes) is 1. The number of nitrogens with zero attached hydrogens (tertiary/aromatic N) is 4. The first-order valence-electron chi connectivity index (χ1n) is 16.9. The van der Waals surface area contributed by atoms with Gasteiger partial charge in [-0.25, -0.2) is 23.1 Å². The van der Waals surface area contributed by atoms with Crippen LogP contribution in [0.15, 0.2) is 123 Å². The molecule has 0 unspecified atom stereocenters. The highest BCUT2D eigenvalue weighted by Gasteiger charge is 2.31. The molecule has 0 fully saturated rings. The number of azo groups is 1. The standard InChI is InChI=1S/C38H37N5O9S2/c1-38(2,37(44)43-53(45,46)30-15-17-35(39-24-30)42-40-23-28-12-6-7-13-34(28)54(47,48)49)18-8-9-19-50-36-22-29(20-31(41-36)26-10-4-3-5-11-26)27-14-16-32-33(21-27)52-25-51-32/h3-7,10-17,20-22,24H,8-9,18-19,23,25H2,1-2H3,(H,43,44)(H,47,48,49). The van der Waals surface area contributed by atoms with Gasteiger partial charge in [-0.1, -0.05) is 68.4 Å². The molecule has 3 heterocycles. The second-order valence-corrected chi connectivity index (χ2v) is 16.0. The number of carbonyl (C=O) groups excluding carboxylic acids is 1. The number of hydrogen-bond acceptors (Lipinski definition) is 12. The van der Waals surface area contributed by atoms with Crippen molar-refractivity contribution in [3.05, 3.63) is 109 Å². The Balaban J connectivity index is 1.02. The molecule has 0 saturated heterocycles. The molecule has 1 aliphatic heterocycles. The van der Waals surface area contributed by atoms with Crippen molar-refractivity contribution in [1.82, 2.24) is 14.7 Å². The molecular weight excluding hydrogens is 735 g/mol. The van der Waals surface area contributed by atoms with E-state index in [4.69, 9.17) is 19.2 Å². The van der Waals surface area contributed by atoms with E-state index in [1.807, 2.05) is 60.7 Å². The molecule has 54 heavy (non-hydrogen) atoms. The minimum absolute atomic E-state index is 0.0540. The van der Waals surface area contributed by atoms with Crippen LogP contribution in [0.25, 0.3) is 22.4 Å². The summed E-state index contributed by atoms with van der Waals surface area (Å²) >= 11 is 0. The van der Waals surface area contributed by atoms with Crippen molar-refractivity contribution in [3.8, 4) is 39.8 Å². The van der Waals surface area contributed by atoms with E-state index in [1.54, 1.807) is 19.9 Å². The predicted octanol–water partition coefficient (Wildman–Crippen LogP) is 7.15. The maximum absolute atomic E-state index is 13.1. The van der Waals surface area contributed by atoms with E-state index in [1.165, 1.54) is 30.3 Å². The number of pyridine rings is 2. The molecule has 0 spiro atoms. The highest BCUT2D eigenvalue weighted by atomic mass is 32.2. The fourth-order valence-electron chi connectivity index (χ4n) is 5.52. The smallest absolute Gasteiger partial charge is 0.294 e. The summed E-state index contributed by atoms with van der Waals surface area (Å²) in [4.78, 5) is 21.3. The van der Waals surface area contributed by atoms with Crippen molar-refractivity contribution in [2.75, 3.05) is 13.4 Å². The summed E-state index contributed by atoms with van der Waals surface area (Å²) in [6, 6.07) is 27.7. The van der Waals surface area contributed by atoms with Gasteiger partial charge < -0.3 is 14.2 Å². The van der Waals surface area contributed by atoms with E-state index in [9.17, 15) is 26.2 Å². The van der Waals surface area contributed by atoms with Crippen molar-refractivity contribution in [1.29, 1.82) is 0 Å². The Hall–Kier alpha value is -5.71. The highest BCUT2D eigenvalue weighted by molar-refractivity contribution is 7.90. The van der Waals surface area contributed by atoms with E-state index >= 15 is 0 Å². The fraction of sp³-hybridized carbons (Fsp3) is 0.237. The minimum atomic E-state index is -4.44. The third-order valence-corrected chi connectivity index (χ3v) is 10.8. The number of nitrogens with one attached hydrogen (secondary N) is 1. The first-order valence-corrected chi connectivity index (χ1v) is 19.8. The van der Waals surface area contributed by atoms with Gasteiger partial charge in [-0.05, 0) is 72.4 Å². The minimum Gasteiger partial charge on any atom is -0.478 e. The van der Waals surface area contributed by atoms with Crippen LogP contribution < -0.4 is 18.9 Å². The van der Waals surface area contributed by atoms with Crippen LogP contribution >= 0.6 is 0 Å². The Bertz CT molecular complexity index is 2390. The normalized spacial score (nSPS) is 12.9. The highest BCUT2D eigenvalue weighted by Crippen LogP contribution is 2.37. The number of aromatic nitrogens is 2. The number of carbonyl (C=O) groups is 1. The van der Waals surface area contributed by atoms with E-state index in [2.05, 4.69) is 19.9 Å². The lowest BCUT2D eigenvalue weighted by Gasteiger charge is -2.23. The van der Waals surface area contributed by atoms with Crippen molar-refractivity contribution in [2.45, 2.75) is 49.4 Å². The number of rotatable bonds is 15. The molecule has 16 heteroatoms. The number of sulfonamides is 1. The molecule has 0 bridgehead atoms. The topological polar surface area (TPSA) is 196 Å². The largest absolute Gasteiger partial charge is 0.478 e. The van der Waals surface area contributed by atoms with Crippen LogP contribution in [0, 0.1) is 5.41 Å². The van der Waals surface area contributed by atoms with Crippen molar-refractivity contribution in [2.24, 2.45) is 15.6 Å². The SMILES string of the molecule is CC(C)(CCCCOc1cc(-c2ccc3c(c2)OCO3)cc(-c2ccccc2)n1)C(=O)NS(=O)(=O)c1ccc(N=NCc2ccccc2S(=O)(=O)O)nc1. The van der Waals surface area contributed by atoms with Gasteiger partial charge in [0.25, 0.3) is 20.1 Å². The molecule has 280 valence electrons. The van der Waals surface area contributed by atoms with Crippen molar-refractivity contribution < 1.29 is 40.4 Å². The predicted molar refractivity (Wildman–Crippen MR) is 198 cm³/mol. The average molecular weight is 772 g/mol. The second-order valence-electron chi connectivity index (χ2n) is 13.0. The van der Waals surface area contributed by atoms with E-state index in [-0.39, 0.29) is 34.5 Å². The Morgan fingerprint density at radius 3 is 2.39 bits per heavy atom. The molecule has 0 atom stereocenters. The molecule has 1 aliphatic rings. The molecule has 2 N–H and O–H groups in total. The zero-order chi connectivity index (χ0) is 38.3. The van der Waals surface area contributed by atoms with Gasteiger partial charge in [0.1, 0.15) is 4.90 Å². The van der Waals surface area contributed by atoms with Gasteiger partial charge in [-0.3, -0.25) is 9.35 Å². The van der Waals surface area contributed by atoms with Crippen LogP contribution in [0.3, 0.4) is 0 Å². The summed E-state index contributed by atoms with van der Waals surface area (Å²) in [5.41, 5.74) is 2.69. The van der Waals surface area contributed by atoms with Gasteiger partial charge in [0, 0.05) is 23.2 Å². The Kier molecular flexibility index (Phi) is 11.4. The van der Waals surface area contributed by atoms with E-state index in [0.717, 1.165) is 28.6 Å². The number of ether oxygens (including phenoxy) is 3. The van der Waals surface area contributed by atoms with Crippen LogP contribution in [0.5, 0.6) is 17.4 Å². The Morgan fingerprint density at radius 2 is 1.63 bits per heavy atom. The maximum atomic E-state index is 13.1. The summed E-state index contributed by atoms with van der Waals surface area (Å²) in [6.45, 7) is 3.67. The van der Waals surface area contributed by atoms with Gasteiger partial charge in [-0.15, -0.1) is 5.11 Å². The molecule has 1 amide bonds. The van der Waals surface area contributed by atoms with Crippen LogP contribution in [0.2, 0.25) is 0 Å². The molecule has 14 nitrogen and oxygen atoms in total. The Morgan fingerprint density at radius 1 is 0.870 bits per heavy atom. The zero-order valence-corrected chi connectivity index (χ0v) is 31.0. The fourth-order valence-corrected chi connectivity index (χ4v) is 7.31. The average Bonchev–Trinajstić information content (AvgIpc) is 3.63. The number of hydrogen-bond donors (Lipinski definition) is 2. The first kappa shape index (κ1) is 38.0. The molecular formula is C38H37N5O9S2. The molecule has 0 radical (unpaired) electrons. The lowest BCUT2D eigenvalue weighted by molar-refractivity contribution is -0.127. The van der Waals surface area contributed by atoms with Gasteiger partial charge in [0.05, 0.1) is 23.7 Å². The molecule has 3 aromatic carbocycles. The van der Waals surface area contributed by atoms with Crippen LogP contribution in [-0.4, -0.2) is 50.7 Å². The Labute approximate surface area is 313 Å². The van der Waals surface area contributed by atoms with Gasteiger partial charge in [0.2, 0.25) is 18.6 Å². The number of fused-ring (bicyclic) bond motifs is 1. The monoisotopic (exact) mass is 771 g/mol. The summed E-state index contributed by atoms with van der Waals surface area (Å²) in [5.74, 6) is 1.18. The van der Waals surface area contributed by atoms with Crippen molar-refractivity contribution in [3.63, 3.8) is 0 Å². The molecule has 0 aliphatic carbocycles. The lowest BCUT2D eigenvalue weighted by atomic mass is 9.86. The van der Waals surface area contributed by atoms with Gasteiger partial charge in [-0.2, -0.15) is 13.5 Å². The summed E-state index contributed by atoms with van der Waals surface area (Å²) in [5, 5.41) is 7.80. The van der Waals surface area contributed by atoms with Crippen LogP contribution in [0.1, 0.15) is 38.7 Å². The number of amides is 1. The molecule has 0 saturated carbocycles. The quantitative estimate of drug-likeness (QED) is 0.0623. The zero-order valence-electron chi connectivity index (χ0n) is 29.4. The lowest BCUT2D eigenvalue weighted by Crippen LogP contribution is -2.40. The van der Waals surface area contributed by atoms with E-state index in [0.29, 0.717) is 43.2 Å². The summed E-state index contributed by atoms with van der Waals surface area (Å²) in [6.07, 6.45) is 2.58. The van der Waals surface area contributed by atoms with Crippen LogP contribution in [-0.2, 0) is 31.5 Å². The van der Waals surface area contributed by atoms with E-state index < -0.39 is 31.5 Å². The molecule has 5 aromatic rings. The summed E-state index contributed by atoms with van der Waals surface area (Å²) in [7, 11) is -8.69.